The Hall–Kier alpha value is -1.59. The molecule has 1 aliphatic heterocycles. The minimum Gasteiger partial charge on any atom is -0.374 e. The Morgan fingerprint density at radius 2 is 2.10 bits per heavy atom. The van der Waals surface area contributed by atoms with E-state index >= 15 is 0 Å². The van der Waals surface area contributed by atoms with Crippen molar-refractivity contribution < 1.29 is 9.53 Å². The minimum atomic E-state index is -0.0683. The molecule has 0 spiro atoms. The summed E-state index contributed by atoms with van der Waals surface area (Å²) in [6, 6.07) is 10.8. The Kier molecular flexibility index (Phi) is 4.72. The molecule has 0 radical (unpaired) electrons. The van der Waals surface area contributed by atoms with Gasteiger partial charge in [-0.15, -0.1) is 0 Å². The molecule has 2 amide bonds. The van der Waals surface area contributed by atoms with Gasteiger partial charge in [0.1, 0.15) is 0 Å². The summed E-state index contributed by atoms with van der Waals surface area (Å²) in [5.74, 6) is 0. The molecule has 1 aromatic carbocycles. The number of amides is 2. The number of hydrogen-bond acceptors (Lipinski definition) is 3. The number of morpholine rings is 1. The number of rotatable bonds is 5. The van der Waals surface area contributed by atoms with E-state index < -0.39 is 0 Å². The highest BCUT2D eigenvalue weighted by atomic mass is 16.5. The monoisotopic (exact) mass is 289 g/mol. The van der Waals surface area contributed by atoms with Gasteiger partial charge >= 0.3 is 6.03 Å². The first-order chi connectivity index (χ1) is 10.3. The van der Waals surface area contributed by atoms with Gasteiger partial charge < -0.3 is 15.4 Å². The Morgan fingerprint density at radius 3 is 2.86 bits per heavy atom. The average Bonchev–Trinajstić information content (AvgIpc) is 3.31. The quantitative estimate of drug-likeness (QED) is 0.860. The van der Waals surface area contributed by atoms with Gasteiger partial charge in [-0.25, -0.2) is 4.79 Å². The molecule has 2 fully saturated rings. The van der Waals surface area contributed by atoms with Crippen LogP contribution in [0.5, 0.6) is 0 Å². The van der Waals surface area contributed by atoms with E-state index in [1.807, 2.05) is 6.07 Å². The molecule has 1 aliphatic carbocycles. The molecule has 21 heavy (non-hydrogen) atoms. The first-order valence-corrected chi connectivity index (χ1v) is 7.72. The zero-order valence-electron chi connectivity index (χ0n) is 12.3. The van der Waals surface area contributed by atoms with Gasteiger partial charge in [0, 0.05) is 32.2 Å². The highest BCUT2D eigenvalue weighted by Gasteiger charge is 2.24. The number of carbonyl (C=O) groups excluding carboxylic acids is 1. The summed E-state index contributed by atoms with van der Waals surface area (Å²) in [5.41, 5.74) is 1.32. The van der Waals surface area contributed by atoms with Crippen molar-refractivity contribution in [2.24, 2.45) is 0 Å². The molecular formula is C16H23N3O2. The number of benzene rings is 1. The van der Waals surface area contributed by atoms with E-state index in [1.54, 1.807) is 0 Å². The number of hydrogen-bond donors (Lipinski definition) is 2. The second kappa shape index (κ2) is 6.91. The molecule has 1 aromatic rings. The van der Waals surface area contributed by atoms with Gasteiger partial charge in [0.2, 0.25) is 0 Å². The lowest BCUT2D eigenvalue weighted by Crippen LogP contribution is -2.49. The summed E-state index contributed by atoms with van der Waals surface area (Å²) in [4.78, 5) is 14.0. The second-order valence-electron chi connectivity index (χ2n) is 5.84. The summed E-state index contributed by atoms with van der Waals surface area (Å²) in [7, 11) is 0. The van der Waals surface area contributed by atoms with Gasteiger partial charge in [-0.3, -0.25) is 4.90 Å². The molecule has 2 N–H and O–H groups in total. The summed E-state index contributed by atoms with van der Waals surface area (Å²) in [6.07, 6.45) is 2.29. The van der Waals surface area contributed by atoms with Crippen LogP contribution in [0.15, 0.2) is 30.3 Å². The smallest absolute Gasteiger partial charge is 0.315 e. The average molecular weight is 289 g/mol. The first-order valence-electron chi connectivity index (χ1n) is 7.72. The normalized spacial score (nSPS) is 22.8. The standard InChI is InChI=1S/C16H23N3O2/c20-16(18-14-6-7-14)17-10-15-12-19(8-9-21-15)11-13-4-2-1-3-5-13/h1-5,14-15H,6-12H2,(H2,17,18,20). The van der Waals surface area contributed by atoms with Crippen molar-refractivity contribution in [2.45, 2.75) is 31.5 Å². The van der Waals surface area contributed by atoms with Gasteiger partial charge in [0.25, 0.3) is 0 Å². The summed E-state index contributed by atoms with van der Waals surface area (Å²) >= 11 is 0. The zero-order chi connectivity index (χ0) is 14.5. The van der Waals surface area contributed by atoms with E-state index in [2.05, 4.69) is 39.8 Å². The van der Waals surface area contributed by atoms with Gasteiger partial charge in [-0.05, 0) is 18.4 Å². The molecule has 3 rings (SSSR count). The van der Waals surface area contributed by atoms with Crippen molar-refractivity contribution in [1.82, 2.24) is 15.5 Å². The van der Waals surface area contributed by atoms with E-state index in [1.165, 1.54) is 5.56 Å². The fourth-order valence-electron chi connectivity index (χ4n) is 2.56. The van der Waals surface area contributed by atoms with Crippen LogP contribution in [0, 0.1) is 0 Å². The molecule has 0 bridgehead atoms. The molecule has 5 nitrogen and oxygen atoms in total. The number of ether oxygens (including phenoxy) is 1. The van der Waals surface area contributed by atoms with Crippen LogP contribution >= 0.6 is 0 Å². The van der Waals surface area contributed by atoms with Crippen molar-refractivity contribution in [3.05, 3.63) is 35.9 Å². The largest absolute Gasteiger partial charge is 0.374 e. The molecule has 114 valence electrons. The van der Waals surface area contributed by atoms with Crippen LogP contribution in [-0.2, 0) is 11.3 Å². The summed E-state index contributed by atoms with van der Waals surface area (Å²) in [5, 5.41) is 5.83. The maximum Gasteiger partial charge on any atom is 0.315 e. The molecular weight excluding hydrogens is 266 g/mol. The third-order valence-corrected chi connectivity index (χ3v) is 3.87. The summed E-state index contributed by atoms with van der Waals surface area (Å²) in [6.45, 7) is 4.04. The molecule has 1 saturated carbocycles. The Balaban J connectivity index is 1.41. The lowest BCUT2D eigenvalue weighted by atomic mass is 10.2. The maximum atomic E-state index is 11.6. The van der Waals surface area contributed by atoms with Crippen LogP contribution in [-0.4, -0.2) is 49.3 Å². The van der Waals surface area contributed by atoms with E-state index in [9.17, 15) is 4.79 Å². The molecule has 1 saturated heterocycles. The third-order valence-electron chi connectivity index (χ3n) is 3.87. The molecule has 0 aromatic heterocycles. The fourth-order valence-corrected chi connectivity index (χ4v) is 2.56. The SMILES string of the molecule is O=C(NCC1CN(Cc2ccccc2)CCO1)NC1CC1. The van der Waals surface area contributed by atoms with Crippen molar-refractivity contribution in [1.29, 1.82) is 0 Å². The second-order valence-corrected chi connectivity index (χ2v) is 5.84. The minimum absolute atomic E-state index is 0.0683. The highest BCUT2D eigenvalue weighted by Crippen LogP contribution is 2.18. The van der Waals surface area contributed by atoms with Crippen LogP contribution in [0.2, 0.25) is 0 Å². The van der Waals surface area contributed by atoms with Crippen molar-refractivity contribution in [3.63, 3.8) is 0 Å². The van der Waals surface area contributed by atoms with Crippen LogP contribution in [0.4, 0.5) is 4.79 Å². The van der Waals surface area contributed by atoms with Gasteiger partial charge in [0.15, 0.2) is 0 Å². The van der Waals surface area contributed by atoms with Crippen LogP contribution < -0.4 is 10.6 Å². The Labute approximate surface area is 125 Å². The maximum absolute atomic E-state index is 11.6. The number of nitrogens with zero attached hydrogens (tertiary/aromatic N) is 1. The van der Waals surface area contributed by atoms with E-state index in [0.29, 0.717) is 12.6 Å². The molecule has 2 aliphatic rings. The summed E-state index contributed by atoms with van der Waals surface area (Å²) < 4.78 is 5.73. The van der Waals surface area contributed by atoms with Gasteiger partial charge in [-0.1, -0.05) is 30.3 Å². The van der Waals surface area contributed by atoms with Crippen LogP contribution in [0.1, 0.15) is 18.4 Å². The predicted molar refractivity (Wildman–Crippen MR) is 81.0 cm³/mol. The first kappa shape index (κ1) is 14.4. The Morgan fingerprint density at radius 1 is 1.29 bits per heavy atom. The van der Waals surface area contributed by atoms with E-state index in [0.717, 1.165) is 39.1 Å². The molecule has 5 heteroatoms. The fraction of sp³-hybridized carbons (Fsp3) is 0.562. The molecule has 1 atom stereocenters. The van der Waals surface area contributed by atoms with Crippen molar-refractivity contribution >= 4 is 6.03 Å². The van der Waals surface area contributed by atoms with E-state index in [4.69, 9.17) is 4.74 Å². The van der Waals surface area contributed by atoms with Gasteiger partial charge in [0.05, 0.1) is 12.7 Å². The Bertz CT molecular complexity index is 462. The number of urea groups is 1. The number of carbonyl (C=O) groups is 1. The van der Waals surface area contributed by atoms with Crippen molar-refractivity contribution in [2.75, 3.05) is 26.2 Å². The van der Waals surface area contributed by atoms with Crippen LogP contribution in [0.3, 0.4) is 0 Å². The van der Waals surface area contributed by atoms with E-state index in [-0.39, 0.29) is 12.1 Å². The third kappa shape index (κ3) is 4.72. The van der Waals surface area contributed by atoms with Crippen LogP contribution in [0.25, 0.3) is 0 Å². The van der Waals surface area contributed by atoms with Gasteiger partial charge in [-0.2, -0.15) is 0 Å². The molecule has 1 heterocycles. The lowest BCUT2D eigenvalue weighted by Gasteiger charge is -2.33. The predicted octanol–water partition coefficient (Wildman–Crippen LogP) is 1.35. The topological polar surface area (TPSA) is 53.6 Å². The highest BCUT2D eigenvalue weighted by molar-refractivity contribution is 5.74. The number of nitrogens with one attached hydrogen (secondary N) is 2. The zero-order valence-corrected chi connectivity index (χ0v) is 12.3. The lowest BCUT2D eigenvalue weighted by molar-refractivity contribution is -0.0287. The van der Waals surface area contributed by atoms with Crippen molar-refractivity contribution in [3.8, 4) is 0 Å². The molecule has 1 unspecified atom stereocenters.